The Morgan fingerprint density at radius 2 is 1.33 bits per heavy atom. The van der Waals surface area contributed by atoms with Crippen molar-refractivity contribution in [1.82, 2.24) is 0 Å². The zero-order valence-electron chi connectivity index (χ0n) is 16.6. The highest BCUT2D eigenvalue weighted by Crippen LogP contribution is 2.36. The lowest BCUT2D eigenvalue weighted by Crippen LogP contribution is -2.15. The highest BCUT2D eigenvalue weighted by atomic mass is 16.5. The Kier molecular flexibility index (Phi) is 6.10. The van der Waals surface area contributed by atoms with Gasteiger partial charge in [0.25, 0.3) is 5.91 Å². The molecule has 6 heteroatoms. The first-order chi connectivity index (χ1) is 12.7. The summed E-state index contributed by atoms with van der Waals surface area (Å²) >= 11 is 0. The minimum absolute atomic E-state index is 0.0190. The van der Waals surface area contributed by atoms with Gasteiger partial charge in [0.2, 0.25) is 5.91 Å². The Labute approximate surface area is 159 Å². The average molecular weight is 370 g/mol. The Hall–Kier alpha value is -3.02. The van der Waals surface area contributed by atoms with E-state index in [0.717, 1.165) is 5.56 Å². The fourth-order valence-electron chi connectivity index (χ4n) is 2.60. The molecule has 0 aliphatic rings. The van der Waals surface area contributed by atoms with E-state index >= 15 is 0 Å². The number of carbonyl (C=O) groups is 2. The Morgan fingerprint density at radius 3 is 1.74 bits per heavy atom. The number of hydrogen-bond acceptors (Lipinski definition) is 4. The van der Waals surface area contributed by atoms with Gasteiger partial charge in [-0.25, -0.2) is 0 Å². The first-order valence-electron chi connectivity index (χ1n) is 8.61. The van der Waals surface area contributed by atoms with Gasteiger partial charge in [0, 0.05) is 24.6 Å². The lowest BCUT2D eigenvalue weighted by molar-refractivity contribution is -0.114. The molecule has 0 saturated carbocycles. The minimum atomic E-state index is -0.261. The predicted molar refractivity (Wildman–Crippen MR) is 107 cm³/mol. The fourth-order valence-corrected chi connectivity index (χ4v) is 2.60. The second-order valence-corrected chi connectivity index (χ2v) is 7.22. The second-order valence-electron chi connectivity index (χ2n) is 7.22. The van der Waals surface area contributed by atoms with Crippen molar-refractivity contribution in [3.05, 3.63) is 47.5 Å². The van der Waals surface area contributed by atoms with Crippen molar-refractivity contribution in [2.45, 2.75) is 33.1 Å². The van der Waals surface area contributed by atoms with Crippen molar-refractivity contribution < 1.29 is 19.1 Å². The molecule has 0 fully saturated rings. The van der Waals surface area contributed by atoms with Gasteiger partial charge in [-0.2, -0.15) is 0 Å². The molecule has 0 aliphatic carbocycles. The van der Waals surface area contributed by atoms with Crippen LogP contribution in [0.4, 0.5) is 11.4 Å². The maximum atomic E-state index is 12.6. The van der Waals surface area contributed by atoms with E-state index in [0.29, 0.717) is 28.4 Å². The Morgan fingerprint density at radius 1 is 0.852 bits per heavy atom. The largest absolute Gasteiger partial charge is 0.494 e. The molecular formula is C21H26N2O4. The number of amides is 2. The Bertz CT molecular complexity index is 836. The molecule has 2 amide bonds. The normalized spacial score (nSPS) is 10.9. The molecule has 2 aromatic rings. The molecule has 2 aromatic carbocycles. The number of benzene rings is 2. The molecule has 6 nitrogen and oxygen atoms in total. The smallest absolute Gasteiger partial charge is 0.255 e. The van der Waals surface area contributed by atoms with Gasteiger partial charge >= 0.3 is 0 Å². The van der Waals surface area contributed by atoms with Crippen molar-refractivity contribution in [3.8, 4) is 11.5 Å². The van der Waals surface area contributed by atoms with Crippen LogP contribution in [0.5, 0.6) is 11.5 Å². The molecule has 27 heavy (non-hydrogen) atoms. The van der Waals surface area contributed by atoms with Crippen LogP contribution < -0.4 is 20.1 Å². The first kappa shape index (κ1) is 20.3. The molecule has 0 aromatic heterocycles. The third-order valence-electron chi connectivity index (χ3n) is 4.09. The Balaban J connectivity index is 2.30. The van der Waals surface area contributed by atoms with Crippen LogP contribution in [0.2, 0.25) is 0 Å². The molecule has 0 radical (unpaired) electrons. The molecule has 0 atom stereocenters. The summed E-state index contributed by atoms with van der Waals surface area (Å²) in [5.74, 6) is 0.345. The molecule has 0 heterocycles. The van der Waals surface area contributed by atoms with Crippen LogP contribution in [-0.2, 0) is 10.2 Å². The molecular weight excluding hydrogens is 344 g/mol. The van der Waals surface area contributed by atoms with E-state index in [1.54, 1.807) is 24.3 Å². The molecule has 0 unspecified atom stereocenters. The van der Waals surface area contributed by atoms with E-state index in [4.69, 9.17) is 9.47 Å². The fraction of sp³-hybridized carbons (Fsp3) is 0.333. The van der Waals surface area contributed by atoms with Crippen LogP contribution in [0, 0.1) is 0 Å². The standard InChI is InChI=1S/C21H26N2O4/c1-13(24)22-16-11-19(27-6)17(12-18(16)26-5)23-20(25)14-7-9-15(10-8-14)21(2,3)4/h7-12H,1-6H3,(H,22,24)(H,23,25). The van der Waals surface area contributed by atoms with Gasteiger partial charge in [-0.05, 0) is 23.1 Å². The third-order valence-corrected chi connectivity index (χ3v) is 4.09. The lowest BCUT2D eigenvalue weighted by Gasteiger charge is -2.19. The second kappa shape index (κ2) is 8.12. The molecule has 144 valence electrons. The van der Waals surface area contributed by atoms with Crippen molar-refractivity contribution >= 4 is 23.2 Å². The predicted octanol–water partition coefficient (Wildman–Crippen LogP) is 4.21. The highest BCUT2D eigenvalue weighted by Gasteiger charge is 2.17. The van der Waals surface area contributed by atoms with Gasteiger partial charge in [0.1, 0.15) is 11.5 Å². The maximum Gasteiger partial charge on any atom is 0.255 e. The van der Waals surface area contributed by atoms with E-state index in [1.807, 2.05) is 12.1 Å². The number of hydrogen-bond donors (Lipinski definition) is 2. The van der Waals surface area contributed by atoms with E-state index in [9.17, 15) is 9.59 Å². The average Bonchev–Trinajstić information content (AvgIpc) is 2.61. The number of anilines is 2. The van der Waals surface area contributed by atoms with Crippen LogP contribution in [0.25, 0.3) is 0 Å². The van der Waals surface area contributed by atoms with Crippen LogP contribution >= 0.6 is 0 Å². The van der Waals surface area contributed by atoms with Crippen molar-refractivity contribution in [1.29, 1.82) is 0 Å². The summed E-state index contributed by atoms with van der Waals surface area (Å²) in [6, 6.07) is 10.7. The van der Waals surface area contributed by atoms with E-state index in [2.05, 4.69) is 31.4 Å². The summed E-state index contributed by atoms with van der Waals surface area (Å²) in [6.45, 7) is 7.77. The van der Waals surface area contributed by atoms with Gasteiger partial charge in [-0.15, -0.1) is 0 Å². The molecule has 0 spiro atoms. The summed E-state index contributed by atoms with van der Waals surface area (Å²) in [4.78, 5) is 24.0. The number of nitrogens with one attached hydrogen (secondary N) is 2. The van der Waals surface area contributed by atoms with Crippen molar-refractivity contribution in [2.24, 2.45) is 0 Å². The summed E-state index contributed by atoms with van der Waals surface area (Å²) in [7, 11) is 2.98. The van der Waals surface area contributed by atoms with Gasteiger partial charge in [0.15, 0.2) is 0 Å². The number of methoxy groups -OCH3 is 2. The van der Waals surface area contributed by atoms with Crippen molar-refractivity contribution in [3.63, 3.8) is 0 Å². The van der Waals surface area contributed by atoms with Crippen LogP contribution in [0.15, 0.2) is 36.4 Å². The number of carbonyl (C=O) groups excluding carboxylic acids is 2. The van der Waals surface area contributed by atoms with E-state index < -0.39 is 0 Å². The number of rotatable bonds is 5. The van der Waals surface area contributed by atoms with E-state index in [-0.39, 0.29) is 17.2 Å². The quantitative estimate of drug-likeness (QED) is 0.826. The summed E-state index contributed by atoms with van der Waals surface area (Å²) in [5, 5.41) is 5.51. The first-order valence-corrected chi connectivity index (χ1v) is 8.61. The lowest BCUT2D eigenvalue weighted by atomic mass is 9.87. The summed E-state index contributed by atoms with van der Waals surface area (Å²) in [5.41, 5.74) is 2.63. The molecule has 2 N–H and O–H groups in total. The topological polar surface area (TPSA) is 76.7 Å². The zero-order chi connectivity index (χ0) is 20.2. The van der Waals surface area contributed by atoms with Gasteiger partial charge < -0.3 is 20.1 Å². The van der Waals surface area contributed by atoms with Crippen LogP contribution in [0.3, 0.4) is 0 Å². The van der Waals surface area contributed by atoms with Gasteiger partial charge in [0.05, 0.1) is 25.6 Å². The van der Waals surface area contributed by atoms with Crippen LogP contribution in [0.1, 0.15) is 43.6 Å². The van der Waals surface area contributed by atoms with Crippen molar-refractivity contribution in [2.75, 3.05) is 24.9 Å². The molecule has 0 aliphatic heterocycles. The summed E-state index contributed by atoms with van der Waals surface area (Å²) < 4.78 is 10.7. The molecule has 0 bridgehead atoms. The maximum absolute atomic E-state index is 12.6. The monoisotopic (exact) mass is 370 g/mol. The highest BCUT2D eigenvalue weighted by molar-refractivity contribution is 6.05. The summed E-state index contributed by atoms with van der Waals surface area (Å²) in [6.07, 6.45) is 0. The van der Waals surface area contributed by atoms with Crippen LogP contribution in [-0.4, -0.2) is 26.0 Å². The molecule has 2 rings (SSSR count). The molecule has 0 saturated heterocycles. The zero-order valence-corrected chi connectivity index (χ0v) is 16.6. The third kappa shape index (κ3) is 5.00. The number of ether oxygens (including phenoxy) is 2. The van der Waals surface area contributed by atoms with Gasteiger partial charge in [-0.3, -0.25) is 9.59 Å². The minimum Gasteiger partial charge on any atom is -0.494 e. The van der Waals surface area contributed by atoms with E-state index in [1.165, 1.54) is 21.1 Å². The SMILES string of the molecule is COc1cc(NC(=O)c2ccc(C(C)(C)C)cc2)c(OC)cc1NC(C)=O. The van der Waals surface area contributed by atoms with Gasteiger partial charge in [-0.1, -0.05) is 32.9 Å².